The van der Waals surface area contributed by atoms with Gasteiger partial charge in [0.15, 0.2) is 6.23 Å². The zero-order valence-electron chi connectivity index (χ0n) is 19.1. The molecule has 7 nitrogen and oxygen atoms in total. The Hall–Kier alpha value is -3.13. The molecular formula is C27H29N3O4. The van der Waals surface area contributed by atoms with Gasteiger partial charge in [-0.3, -0.25) is 4.90 Å². The van der Waals surface area contributed by atoms with E-state index in [1.807, 2.05) is 30.3 Å². The molecule has 1 saturated heterocycles. The van der Waals surface area contributed by atoms with Crippen LogP contribution in [-0.4, -0.2) is 50.5 Å². The lowest BCUT2D eigenvalue weighted by Crippen LogP contribution is -2.73. The second-order valence-electron chi connectivity index (χ2n) is 9.52. The minimum Gasteiger partial charge on any atom is -0.463 e. The molecule has 3 aliphatic rings. The van der Waals surface area contributed by atoms with Crippen molar-refractivity contribution in [3.05, 3.63) is 83.2 Å². The van der Waals surface area contributed by atoms with Gasteiger partial charge in [0.1, 0.15) is 5.60 Å². The van der Waals surface area contributed by atoms with Gasteiger partial charge in [0.25, 0.3) is 0 Å². The van der Waals surface area contributed by atoms with Crippen molar-refractivity contribution in [1.82, 2.24) is 15.2 Å². The van der Waals surface area contributed by atoms with Crippen molar-refractivity contribution in [2.24, 2.45) is 5.92 Å². The number of para-hydroxylation sites is 1. The number of piperidine rings is 1. The molecule has 6 rings (SSSR count). The monoisotopic (exact) mass is 459 g/mol. The average molecular weight is 460 g/mol. The van der Waals surface area contributed by atoms with Crippen molar-refractivity contribution in [2.45, 2.75) is 50.2 Å². The molecule has 0 amide bonds. The first kappa shape index (κ1) is 21.4. The Kier molecular flexibility index (Phi) is 5.02. The molecule has 2 aromatic carbocycles. The molecule has 34 heavy (non-hydrogen) atoms. The van der Waals surface area contributed by atoms with Gasteiger partial charge in [-0.2, -0.15) is 0 Å². The van der Waals surface area contributed by atoms with E-state index < -0.39 is 29.8 Å². The van der Waals surface area contributed by atoms with Crippen LogP contribution in [0.4, 0.5) is 0 Å². The average Bonchev–Trinajstić information content (AvgIpc) is 3.21. The number of hydrogen-bond donors (Lipinski definition) is 4. The molecule has 5 atom stereocenters. The number of H-pyrrole nitrogens is 1. The highest BCUT2D eigenvalue weighted by molar-refractivity contribution is 5.90. The van der Waals surface area contributed by atoms with Crippen LogP contribution >= 0.6 is 0 Å². The van der Waals surface area contributed by atoms with Gasteiger partial charge in [0.2, 0.25) is 0 Å². The second-order valence-corrected chi connectivity index (χ2v) is 9.52. The van der Waals surface area contributed by atoms with Crippen molar-refractivity contribution >= 4 is 16.9 Å². The summed E-state index contributed by atoms with van der Waals surface area (Å²) in [7, 11) is 0. The topological polar surface area (TPSA) is 97.8 Å². The largest absolute Gasteiger partial charge is 0.463 e. The van der Waals surface area contributed by atoms with Crippen LogP contribution in [0.2, 0.25) is 0 Å². The molecule has 2 bridgehead atoms. The normalized spacial score (nSPS) is 30.1. The highest BCUT2D eigenvalue weighted by atomic mass is 16.5. The molecule has 3 aromatic rings. The molecule has 176 valence electrons. The number of ether oxygens (including phenoxy) is 1. The molecule has 1 fully saturated rings. The summed E-state index contributed by atoms with van der Waals surface area (Å²) in [6.07, 6.45) is 1.37. The number of aliphatic hydroxyl groups excluding tert-OH is 1. The van der Waals surface area contributed by atoms with Crippen LogP contribution in [0.3, 0.4) is 0 Å². The number of rotatable bonds is 4. The van der Waals surface area contributed by atoms with Crippen LogP contribution in [0.15, 0.2) is 66.4 Å². The number of aromatic amines is 1. The van der Waals surface area contributed by atoms with Gasteiger partial charge in [-0.05, 0) is 37.0 Å². The molecule has 0 unspecified atom stereocenters. The van der Waals surface area contributed by atoms with E-state index in [1.54, 1.807) is 6.92 Å². The van der Waals surface area contributed by atoms with E-state index in [0.29, 0.717) is 25.0 Å². The van der Waals surface area contributed by atoms with Gasteiger partial charge in [0, 0.05) is 41.3 Å². The molecule has 0 aliphatic carbocycles. The molecule has 7 heteroatoms. The summed E-state index contributed by atoms with van der Waals surface area (Å²) in [5.74, 6) is -0.999. The quantitative estimate of drug-likeness (QED) is 0.448. The maximum Gasteiger partial charge on any atom is 0.335 e. The SMILES string of the molecule is CCOC(=O)C1=CN[C@H](O)[C@]2(O)[C@@H]3Cc4c([nH]c5ccccc45)[C@H](C[C@@H]12)N3Cc1ccccc1. The molecule has 1 aromatic heterocycles. The summed E-state index contributed by atoms with van der Waals surface area (Å²) < 4.78 is 5.31. The predicted molar refractivity (Wildman–Crippen MR) is 127 cm³/mol. The number of benzene rings is 2. The fraction of sp³-hybridized carbons (Fsp3) is 0.370. The lowest BCUT2D eigenvalue weighted by Gasteiger charge is -2.59. The van der Waals surface area contributed by atoms with Crippen LogP contribution in [-0.2, 0) is 22.5 Å². The maximum absolute atomic E-state index is 12.8. The minimum absolute atomic E-state index is 0.0465. The third kappa shape index (κ3) is 3.04. The van der Waals surface area contributed by atoms with E-state index in [1.165, 1.54) is 11.8 Å². The van der Waals surface area contributed by atoms with Crippen molar-refractivity contribution < 1.29 is 19.7 Å². The van der Waals surface area contributed by atoms with Crippen molar-refractivity contribution in [1.29, 1.82) is 0 Å². The highest BCUT2D eigenvalue weighted by Gasteiger charge is 2.62. The lowest BCUT2D eigenvalue weighted by atomic mass is 9.63. The Balaban J connectivity index is 1.50. The summed E-state index contributed by atoms with van der Waals surface area (Å²) >= 11 is 0. The van der Waals surface area contributed by atoms with Crippen LogP contribution < -0.4 is 5.32 Å². The number of aromatic nitrogens is 1. The molecular weight excluding hydrogens is 430 g/mol. The third-order valence-electron chi connectivity index (χ3n) is 7.86. The number of hydrogen-bond acceptors (Lipinski definition) is 6. The van der Waals surface area contributed by atoms with Crippen LogP contribution in [0.1, 0.15) is 36.2 Å². The number of fused-ring (bicyclic) bond motifs is 8. The highest BCUT2D eigenvalue weighted by Crippen LogP contribution is 2.54. The van der Waals surface area contributed by atoms with Gasteiger partial charge in [-0.1, -0.05) is 48.5 Å². The Morgan fingerprint density at radius 1 is 1.18 bits per heavy atom. The summed E-state index contributed by atoms with van der Waals surface area (Å²) in [6.45, 7) is 2.65. The van der Waals surface area contributed by atoms with E-state index in [-0.39, 0.29) is 12.6 Å². The maximum atomic E-state index is 12.8. The summed E-state index contributed by atoms with van der Waals surface area (Å²) in [4.78, 5) is 18.8. The molecule has 3 aliphatic heterocycles. The fourth-order valence-corrected chi connectivity index (χ4v) is 6.33. The summed E-state index contributed by atoms with van der Waals surface area (Å²) in [5, 5.41) is 27.3. The summed E-state index contributed by atoms with van der Waals surface area (Å²) in [5.41, 5.74) is 3.35. The Labute approximate surface area is 198 Å². The number of nitrogens with zero attached hydrogens (tertiary/aromatic N) is 1. The van der Waals surface area contributed by atoms with Gasteiger partial charge in [-0.15, -0.1) is 0 Å². The first-order chi connectivity index (χ1) is 16.5. The Bertz CT molecular complexity index is 1270. The van der Waals surface area contributed by atoms with Gasteiger partial charge in [-0.25, -0.2) is 4.79 Å². The first-order valence-electron chi connectivity index (χ1n) is 11.9. The summed E-state index contributed by atoms with van der Waals surface area (Å²) in [6, 6.07) is 18.0. The van der Waals surface area contributed by atoms with Crippen molar-refractivity contribution in [3.63, 3.8) is 0 Å². The number of carbonyl (C=O) groups is 1. The fourth-order valence-electron chi connectivity index (χ4n) is 6.33. The predicted octanol–water partition coefficient (Wildman–Crippen LogP) is 2.76. The third-order valence-corrected chi connectivity index (χ3v) is 7.86. The van der Waals surface area contributed by atoms with E-state index in [4.69, 9.17) is 4.74 Å². The molecule has 0 spiro atoms. The van der Waals surface area contributed by atoms with Gasteiger partial charge in [0.05, 0.1) is 18.2 Å². The zero-order valence-corrected chi connectivity index (χ0v) is 19.1. The first-order valence-corrected chi connectivity index (χ1v) is 11.9. The van der Waals surface area contributed by atoms with Gasteiger partial charge >= 0.3 is 5.97 Å². The van der Waals surface area contributed by atoms with E-state index in [0.717, 1.165) is 22.2 Å². The minimum atomic E-state index is -1.56. The molecule has 4 heterocycles. The number of nitrogens with one attached hydrogen (secondary N) is 2. The standard InChI is InChI=1S/C27H29N3O4/c1-2-34-25(31)19-14-28-26(32)27(33)20(19)13-22-24-18(17-10-6-7-11-21(17)29-24)12-23(27)30(22)15-16-8-4-3-5-9-16/h3-11,14,20,22-23,26,28-29,32-33H,2,12-13,15H2,1H3/t20-,22-,23-,26+,27+/m0/s1. The van der Waals surface area contributed by atoms with E-state index >= 15 is 0 Å². The smallest absolute Gasteiger partial charge is 0.335 e. The van der Waals surface area contributed by atoms with Crippen LogP contribution in [0.25, 0.3) is 10.9 Å². The molecule has 0 saturated carbocycles. The van der Waals surface area contributed by atoms with Crippen molar-refractivity contribution in [3.8, 4) is 0 Å². The number of carbonyl (C=O) groups excluding carboxylic acids is 1. The number of aliphatic hydroxyl groups is 2. The lowest BCUT2D eigenvalue weighted by molar-refractivity contribution is -0.206. The molecule has 4 N–H and O–H groups in total. The number of esters is 1. The Morgan fingerprint density at radius 3 is 2.74 bits per heavy atom. The van der Waals surface area contributed by atoms with Crippen LogP contribution in [0.5, 0.6) is 0 Å². The van der Waals surface area contributed by atoms with Crippen molar-refractivity contribution in [2.75, 3.05) is 6.61 Å². The van der Waals surface area contributed by atoms with E-state index in [2.05, 4.69) is 39.5 Å². The second kappa shape index (κ2) is 7.98. The van der Waals surface area contributed by atoms with E-state index in [9.17, 15) is 15.0 Å². The van der Waals surface area contributed by atoms with Gasteiger partial charge < -0.3 is 25.3 Å². The van der Waals surface area contributed by atoms with Crippen LogP contribution in [0, 0.1) is 5.92 Å². The Morgan fingerprint density at radius 2 is 1.94 bits per heavy atom. The molecule has 0 radical (unpaired) electrons. The zero-order chi connectivity index (χ0) is 23.4.